The summed E-state index contributed by atoms with van der Waals surface area (Å²) in [4.78, 5) is 0. The molecule has 11 heavy (non-hydrogen) atoms. The predicted molar refractivity (Wildman–Crippen MR) is 33.4 cm³/mol. The van der Waals surface area contributed by atoms with Crippen molar-refractivity contribution in [3.8, 4) is 0 Å². The minimum absolute atomic E-state index is 0.0270. The normalized spacial score (nSPS) is 15.0. The highest BCUT2D eigenvalue weighted by Gasteiger charge is 2.40. The lowest BCUT2D eigenvalue weighted by molar-refractivity contribution is -0.257. The molecule has 2 nitrogen and oxygen atoms in total. The van der Waals surface area contributed by atoms with Gasteiger partial charge >= 0.3 is 6.11 Å². The van der Waals surface area contributed by atoms with Crippen LogP contribution < -0.4 is 0 Å². The molecule has 0 aromatic rings. The Morgan fingerprint density at radius 1 is 1.55 bits per heavy atom. The van der Waals surface area contributed by atoms with Gasteiger partial charge in [0.2, 0.25) is 0 Å². The molecule has 1 atom stereocenters. The van der Waals surface area contributed by atoms with Crippen molar-refractivity contribution in [1.29, 1.82) is 0 Å². The van der Waals surface area contributed by atoms with Crippen LogP contribution in [-0.4, -0.2) is 30.1 Å². The summed E-state index contributed by atoms with van der Waals surface area (Å²) in [5.41, 5.74) is -2.85. The summed E-state index contributed by atoms with van der Waals surface area (Å²) in [7, 11) is 0. The zero-order chi connectivity index (χ0) is 8.91. The fourth-order valence-corrected chi connectivity index (χ4v) is 0.399. The second-order valence-electron chi connectivity index (χ2n) is 1.79. The Bertz CT molecular complexity index is 110. The maximum atomic E-state index is 12.1. The van der Waals surface area contributed by atoms with Crippen LogP contribution in [0.5, 0.6) is 0 Å². The minimum Gasteiger partial charge on any atom is -0.396 e. The van der Waals surface area contributed by atoms with Crippen molar-refractivity contribution >= 4 is 11.6 Å². The third-order valence-corrected chi connectivity index (χ3v) is 1.11. The lowest BCUT2D eigenvalue weighted by Crippen LogP contribution is -2.29. The number of rotatable bonds is 5. The molecule has 0 rings (SSSR count). The highest BCUT2D eigenvalue weighted by atomic mass is 35.5. The van der Waals surface area contributed by atoms with Gasteiger partial charge < -0.3 is 9.84 Å². The summed E-state index contributed by atoms with van der Waals surface area (Å²) in [6.07, 6.45) is -3.93. The SMILES string of the molecule is OCCCOC(F)(F)C(F)Cl. The van der Waals surface area contributed by atoms with Crippen molar-refractivity contribution in [3.63, 3.8) is 0 Å². The first kappa shape index (κ1) is 11.0. The second kappa shape index (κ2) is 4.79. The Morgan fingerprint density at radius 2 is 2.09 bits per heavy atom. The van der Waals surface area contributed by atoms with Crippen molar-refractivity contribution in [2.45, 2.75) is 18.2 Å². The van der Waals surface area contributed by atoms with Crippen molar-refractivity contribution < 1.29 is 23.0 Å². The van der Waals surface area contributed by atoms with Gasteiger partial charge in [-0.25, -0.2) is 4.39 Å². The van der Waals surface area contributed by atoms with Crippen LogP contribution in [0.1, 0.15) is 6.42 Å². The van der Waals surface area contributed by atoms with Gasteiger partial charge in [0.1, 0.15) is 0 Å². The third-order valence-electron chi connectivity index (χ3n) is 0.851. The van der Waals surface area contributed by atoms with E-state index in [1.807, 2.05) is 0 Å². The largest absolute Gasteiger partial charge is 0.400 e. The lowest BCUT2D eigenvalue weighted by atomic mass is 10.5. The van der Waals surface area contributed by atoms with E-state index in [0.717, 1.165) is 0 Å². The van der Waals surface area contributed by atoms with Crippen LogP contribution in [0.3, 0.4) is 0 Å². The predicted octanol–water partition coefficient (Wildman–Crippen LogP) is 1.51. The summed E-state index contributed by atoms with van der Waals surface area (Å²) in [5, 5.41) is 8.15. The van der Waals surface area contributed by atoms with E-state index in [0.29, 0.717) is 0 Å². The van der Waals surface area contributed by atoms with Crippen LogP contribution in [0, 0.1) is 0 Å². The molecule has 0 radical (unpaired) electrons. The van der Waals surface area contributed by atoms with Crippen LogP contribution in [-0.2, 0) is 4.74 Å². The number of halogens is 4. The first-order chi connectivity index (χ1) is 5.00. The number of aliphatic hydroxyl groups is 1. The molecule has 0 bridgehead atoms. The quantitative estimate of drug-likeness (QED) is 0.529. The zero-order valence-electron chi connectivity index (χ0n) is 5.57. The Hall–Kier alpha value is -0.0000000000000000555. The molecule has 0 amide bonds. The summed E-state index contributed by atoms with van der Waals surface area (Å²) < 4.78 is 39.6. The van der Waals surface area contributed by atoms with Gasteiger partial charge in [-0.2, -0.15) is 8.78 Å². The fourth-order valence-electron chi connectivity index (χ4n) is 0.336. The standard InChI is InChI=1S/C5H8ClF3O2/c6-4(7)5(8,9)11-3-1-2-10/h4,10H,1-3H2. The second-order valence-corrected chi connectivity index (χ2v) is 2.17. The zero-order valence-corrected chi connectivity index (χ0v) is 6.32. The molecule has 0 aliphatic heterocycles. The van der Waals surface area contributed by atoms with Gasteiger partial charge in [-0.3, -0.25) is 0 Å². The molecule has 0 spiro atoms. The number of aliphatic hydroxyl groups excluding tert-OH is 1. The Morgan fingerprint density at radius 3 is 2.45 bits per heavy atom. The topological polar surface area (TPSA) is 29.5 Å². The van der Waals surface area contributed by atoms with E-state index in [9.17, 15) is 13.2 Å². The van der Waals surface area contributed by atoms with Crippen molar-refractivity contribution in [3.05, 3.63) is 0 Å². The van der Waals surface area contributed by atoms with Gasteiger partial charge in [-0.15, -0.1) is 0 Å². The average Bonchev–Trinajstić information content (AvgIpc) is 1.88. The van der Waals surface area contributed by atoms with Gasteiger partial charge in [0, 0.05) is 6.61 Å². The number of hydrogen-bond donors (Lipinski definition) is 1. The van der Waals surface area contributed by atoms with Crippen LogP contribution in [0.4, 0.5) is 13.2 Å². The molecule has 0 aromatic heterocycles. The first-order valence-electron chi connectivity index (χ1n) is 2.91. The molecule has 1 unspecified atom stereocenters. The summed E-state index contributed by atoms with van der Waals surface area (Å²) >= 11 is 4.44. The molecule has 0 saturated heterocycles. The Balaban J connectivity index is 3.55. The van der Waals surface area contributed by atoms with Crippen LogP contribution in [0.15, 0.2) is 0 Å². The Kier molecular flexibility index (Phi) is 4.79. The van der Waals surface area contributed by atoms with Crippen molar-refractivity contribution in [2.24, 2.45) is 0 Å². The highest BCUT2D eigenvalue weighted by molar-refractivity contribution is 6.20. The molecule has 0 fully saturated rings. The molecule has 0 saturated carbocycles. The summed E-state index contributed by atoms with van der Waals surface area (Å²) in [5.74, 6) is 0. The van der Waals surface area contributed by atoms with E-state index >= 15 is 0 Å². The monoisotopic (exact) mass is 192 g/mol. The van der Waals surface area contributed by atoms with E-state index in [-0.39, 0.29) is 13.0 Å². The lowest BCUT2D eigenvalue weighted by Gasteiger charge is -2.15. The number of alkyl halides is 4. The summed E-state index contributed by atoms with van der Waals surface area (Å²) in [6, 6.07) is 0. The van der Waals surface area contributed by atoms with Crippen LogP contribution in [0.25, 0.3) is 0 Å². The minimum atomic E-state index is -3.96. The smallest absolute Gasteiger partial charge is 0.396 e. The first-order valence-corrected chi connectivity index (χ1v) is 3.35. The van der Waals surface area contributed by atoms with Crippen molar-refractivity contribution in [2.75, 3.05) is 13.2 Å². The summed E-state index contributed by atoms with van der Waals surface area (Å²) in [6.45, 7) is -0.702. The molecule has 0 aliphatic rings. The maximum absolute atomic E-state index is 12.1. The van der Waals surface area contributed by atoms with Gasteiger partial charge in [-0.05, 0) is 6.42 Å². The average molecular weight is 193 g/mol. The van der Waals surface area contributed by atoms with E-state index in [1.54, 1.807) is 0 Å². The highest BCUT2D eigenvalue weighted by Crippen LogP contribution is 2.25. The van der Waals surface area contributed by atoms with Crippen LogP contribution >= 0.6 is 11.6 Å². The van der Waals surface area contributed by atoms with E-state index in [1.165, 1.54) is 0 Å². The molecule has 1 N–H and O–H groups in total. The molecule has 0 heterocycles. The van der Waals surface area contributed by atoms with Gasteiger partial charge in [0.05, 0.1) is 6.61 Å². The molecular formula is C5H8ClF3O2. The number of ether oxygens (including phenoxy) is 1. The number of hydrogen-bond acceptors (Lipinski definition) is 2. The molecular weight excluding hydrogens is 184 g/mol. The van der Waals surface area contributed by atoms with Crippen molar-refractivity contribution in [1.82, 2.24) is 0 Å². The fraction of sp³-hybridized carbons (Fsp3) is 1.00. The maximum Gasteiger partial charge on any atom is 0.400 e. The Labute approximate surface area is 66.9 Å². The van der Waals surface area contributed by atoms with Gasteiger partial charge in [-0.1, -0.05) is 11.6 Å². The van der Waals surface area contributed by atoms with Gasteiger partial charge in [0.15, 0.2) is 0 Å². The van der Waals surface area contributed by atoms with E-state index in [4.69, 9.17) is 5.11 Å². The molecule has 68 valence electrons. The van der Waals surface area contributed by atoms with E-state index in [2.05, 4.69) is 16.3 Å². The molecule has 6 heteroatoms. The van der Waals surface area contributed by atoms with E-state index < -0.39 is 18.3 Å². The molecule has 0 aromatic carbocycles. The van der Waals surface area contributed by atoms with Crippen LogP contribution in [0.2, 0.25) is 0 Å². The molecule has 0 aliphatic carbocycles. The third kappa shape index (κ3) is 4.44. The van der Waals surface area contributed by atoms with Gasteiger partial charge in [0.25, 0.3) is 5.63 Å².